The highest BCUT2D eigenvalue weighted by atomic mass is 35.5. The number of non-ortho nitro benzene ring substituents is 1. The van der Waals surface area contributed by atoms with Crippen LogP contribution in [0.25, 0.3) is 0 Å². The minimum atomic E-state index is -4.00. The van der Waals surface area contributed by atoms with Crippen molar-refractivity contribution in [2.45, 2.75) is 63.0 Å². The first kappa shape index (κ1) is 39.2. The van der Waals surface area contributed by atoms with E-state index in [0.717, 1.165) is 36.3 Å². The van der Waals surface area contributed by atoms with Crippen LogP contribution in [0.15, 0.2) is 95.9 Å². The maximum absolute atomic E-state index is 13.6. The van der Waals surface area contributed by atoms with Crippen LogP contribution in [-0.2, 0) is 37.9 Å². The zero-order valence-corrected chi connectivity index (χ0v) is 32.4. The standard InChI is InChI=1S/C41H46ClN3O8S/c1-5-51-40(46)37(53-33-17-10-29(11-18-33)41(2,3)4)22-27-8-15-32(16-9-27)52-21-20-43-54(49,50)38-19-14-31(45(47)48)23-34(38)39-35-25-44(26-36(35)39)24-28-6-12-30(42)13-7-28/h6-19,23,35-37,39,43H,5,20-22,24-26H2,1-4H3/t35-,36?,37+,39+/m1/s1. The molecule has 4 aromatic carbocycles. The molecule has 2 fully saturated rings. The van der Waals surface area contributed by atoms with Gasteiger partial charge in [-0.05, 0) is 94.8 Å². The molecule has 1 unspecified atom stereocenters. The lowest BCUT2D eigenvalue weighted by Gasteiger charge is -2.21. The van der Waals surface area contributed by atoms with E-state index in [1.807, 2.05) is 60.7 Å². The van der Waals surface area contributed by atoms with Crippen LogP contribution in [0, 0.1) is 22.0 Å². The van der Waals surface area contributed by atoms with Crippen LogP contribution >= 0.6 is 11.6 Å². The van der Waals surface area contributed by atoms with Gasteiger partial charge in [0.15, 0.2) is 6.10 Å². The Labute approximate surface area is 321 Å². The van der Waals surface area contributed by atoms with E-state index in [9.17, 15) is 23.3 Å². The first-order valence-corrected chi connectivity index (χ1v) is 20.0. The Balaban J connectivity index is 1.03. The number of benzene rings is 4. The van der Waals surface area contributed by atoms with Crippen molar-refractivity contribution in [3.8, 4) is 11.5 Å². The molecule has 11 nitrogen and oxygen atoms in total. The van der Waals surface area contributed by atoms with Crippen LogP contribution in [-0.4, -0.2) is 63.2 Å². The van der Waals surface area contributed by atoms with Gasteiger partial charge in [0.05, 0.1) is 16.4 Å². The predicted molar refractivity (Wildman–Crippen MR) is 207 cm³/mol. The maximum Gasteiger partial charge on any atom is 0.347 e. The third-order valence-electron chi connectivity index (χ3n) is 10.00. The van der Waals surface area contributed by atoms with Gasteiger partial charge in [0.2, 0.25) is 10.0 Å². The number of nitrogens with one attached hydrogen (secondary N) is 1. The van der Waals surface area contributed by atoms with Gasteiger partial charge >= 0.3 is 5.97 Å². The summed E-state index contributed by atoms with van der Waals surface area (Å²) >= 11 is 6.03. The van der Waals surface area contributed by atoms with Crippen LogP contribution in [0.5, 0.6) is 11.5 Å². The van der Waals surface area contributed by atoms with E-state index in [2.05, 4.69) is 30.4 Å². The molecule has 0 spiro atoms. The third kappa shape index (κ3) is 9.59. The summed E-state index contributed by atoms with van der Waals surface area (Å²) in [5, 5.41) is 12.3. The summed E-state index contributed by atoms with van der Waals surface area (Å²) in [4.78, 5) is 26.3. The van der Waals surface area contributed by atoms with Crippen molar-refractivity contribution in [1.82, 2.24) is 9.62 Å². The lowest BCUT2D eigenvalue weighted by atomic mass is 9.87. The molecule has 1 heterocycles. The smallest absolute Gasteiger partial charge is 0.347 e. The Bertz CT molecular complexity index is 2040. The number of hydrogen-bond acceptors (Lipinski definition) is 9. The highest BCUT2D eigenvalue weighted by Crippen LogP contribution is 2.59. The number of nitro groups is 1. The molecule has 1 saturated carbocycles. The summed E-state index contributed by atoms with van der Waals surface area (Å²) in [6.45, 7) is 10.7. The second-order valence-electron chi connectivity index (χ2n) is 14.9. The predicted octanol–water partition coefficient (Wildman–Crippen LogP) is 7.30. The molecule has 0 amide bonds. The second kappa shape index (κ2) is 16.5. The van der Waals surface area contributed by atoms with E-state index in [1.54, 1.807) is 19.1 Å². The first-order valence-electron chi connectivity index (χ1n) is 18.1. The molecule has 0 bridgehead atoms. The summed E-state index contributed by atoms with van der Waals surface area (Å²) < 4.78 is 46.9. The van der Waals surface area contributed by atoms with Gasteiger partial charge in [-0.1, -0.05) is 68.8 Å². The van der Waals surface area contributed by atoms with Crippen molar-refractivity contribution >= 4 is 33.3 Å². The molecule has 0 radical (unpaired) electrons. The van der Waals surface area contributed by atoms with E-state index < -0.39 is 27.0 Å². The van der Waals surface area contributed by atoms with E-state index in [1.165, 1.54) is 18.2 Å². The van der Waals surface area contributed by atoms with Crippen molar-refractivity contribution in [3.05, 3.63) is 128 Å². The molecule has 1 aliphatic carbocycles. The average Bonchev–Trinajstić information content (AvgIpc) is 3.64. The van der Waals surface area contributed by atoms with Crippen molar-refractivity contribution in [2.75, 3.05) is 32.8 Å². The second-order valence-corrected chi connectivity index (χ2v) is 17.1. The number of nitro benzene ring substituents is 1. The Kier molecular flexibility index (Phi) is 12.0. The zero-order valence-electron chi connectivity index (χ0n) is 30.9. The monoisotopic (exact) mass is 775 g/mol. The van der Waals surface area contributed by atoms with Gasteiger partial charge in [-0.15, -0.1) is 0 Å². The Morgan fingerprint density at radius 3 is 2.19 bits per heavy atom. The molecule has 6 rings (SSSR count). The third-order valence-corrected chi connectivity index (χ3v) is 11.8. The van der Waals surface area contributed by atoms with Gasteiger partial charge in [0.1, 0.15) is 18.1 Å². The number of fused-ring (bicyclic) bond motifs is 1. The van der Waals surface area contributed by atoms with E-state index >= 15 is 0 Å². The molecule has 4 atom stereocenters. The molecule has 286 valence electrons. The summed E-state index contributed by atoms with van der Waals surface area (Å²) in [6, 6.07) is 26.5. The molecule has 1 N–H and O–H groups in total. The van der Waals surface area contributed by atoms with Crippen LogP contribution in [0.4, 0.5) is 5.69 Å². The van der Waals surface area contributed by atoms with Crippen LogP contribution < -0.4 is 14.2 Å². The fourth-order valence-electron chi connectivity index (χ4n) is 7.17. The molecular formula is C41H46ClN3O8S. The number of nitrogens with zero attached hydrogens (tertiary/aromatic N) is 2. The van der Waals surface area contributed by atoms with E-state index in [0.29, 0.717) is 22.1 Å². The number of carbonyl (C=O) groups is 1. The SMILES string of the molecule is CCOC(=O)[C@H](Cc1ccc(OCCNS(=O)(=O)c2ccc([N+](=O)[O-])cc2[C@@H]2C3CN(Cc4ccc(Cl)cc4)C[C@H]32)cc1)Oc1ccc(C(C)(C)C)cc1. The molecule has 2 aliphatic rings. The zero-order chi connectivity index (χ0) is 38.6. The number of halogens is 1. The fraction of sp³-hybridized carbons (Fsp3) is 0.390. The molecule has 13 heteroatoms. The van der Waals surface area contributed by atoms with Crippen molar-refractivity contribution in [2.24, 2.45) is 11.8 Å². The lowest BCUT2D eigenvalue weighted by Crippen LogP contribution is -2.31. The minimum absolute atomic E-state index is 0.0110. The first-order chi connectivity index (χ1) is 25.7. The van der Waals surface area contributed by atoms with Gasteiger partial charge in [0.25, 0.3) is 5.69 Å². The fourth-order valence-corrected chi connectivity index (χ4v) is 8.56. The number of likely N-dealkylation sites (tertiary alicyclic amines) is 1. The lowest BCUT2D eigenvalue weighted by molar-refractivity contribution is -0.385. The van der Waals surface area contributed by atoms with Gasteiger partial charge in [0, 0.05) is 49.8 Å². The Morgan fingerprint density at radius 2 is 1.57 bits per heavy atom. The van der Waals surface area contributed by atoms with E-state index in [4.69, 9.17) is 25.8 Å². The number of esters is 1. The largest absolute Gasteiger partial charge is 0.492 e. The number of rotatable bonds is 16. The topological polar surface area (TPSA) is 137 Å². The number of ether oxygens (including phenoxy) is 3. The highest BCUT2D eigenvalue weighted by Gasteiger charge is 2.57. The molecule has 1 saturated heterocycles. The molecular weight excluding hydrogens is 730 g/mol. The number of sulfonamides is 1. The van der Waals surface area contributed by atoms with E-state index in [-0.39, 0.29) is 59.9 Å². The van der Waals surface area contributed by atoms with Crippen LogP contribution in [0.3, 0.4) is 0 Å². The molecule has 54 heavy (non-hydrogen) atoms. The quantitative estimate of drug-likeness (QED) is 0.0538. The van der Waals surface area contributed by atoms with Crippen molar-refractivity contribution in [3.63, 3.8) is 0 Å². The molecule has 4 aromatic rings. The average molecular weight is 776 g/mol. The van der Waals surface area contributed by atoms with Crippen molar-refractivity contribution in [1.29, 1.82) is 0 Å². The van der Waals surface area contributed by atoms with Gasteiger partial charge in [-0.25, -0.2) is 17.9 Å². The van der Waals surface area contributed by atoms with Crippen molar-refractivity contribution < 1.29 is 32.3 Å². The maximum atomic E-state index is 13.6. The van der Waals surface area contributed by atoms with Gasteiger partial charge < -0.3 is 14.2 Å². The van der Waals surface area contributed by atoms with Crippen LogP contribution in [0.1, 0.15) is 55.9 Å². The number of hydrogen-bond donors (Lipinski definition) is 1. The van der Waals surface area contributed by atoms with Gasteiger partial charge in [-0.3, -0.25) is 15.0 Å². The Morgan fingerprint density at radius 1 is 0.944 bits per heavy atom. The molecule has 1 aliphatic heterocycles. The summed E-state index contributed by atoms with van der Waals surface area (Å²) in [7, 11) is -4.00. The minimum Gasteiger partial charge on any atom is -0.492 e. The summed E-state index contributed by atoms with van der Waals surface area (Å²) in [5.74, 6) is 1.01. The number of piperidine rings is 1. The van der Waals surface area contributed by atoms with Crippen LogP contribution in [0.2, 0.25) is 5.02 Å². The molecule has 0 aromatic heterocycles. The van der Waals surface area contributed by atoms with Gasteiger partial charge in [-0.2, -0.15) is 0 Å². The number of carbonyl (C=O) groups excluding carboxylic acids is 1. The Hall–Kier alpha value is -4.49. The summed E-state index contributed by atoms with van der Waals surface area (Å²) in [5.41, 5.74) is 3.47. The summed E-state index contributed by atoms with van der Waals surface area (Å²) in [6.07, 6.45) is -0.569. The highest BCUT2D eigenvalue weighted by molar-refractivity contribution is 7.89. The normalized spacial score (nSPS) is 18.8.